The summed E-state index contributed by atoms with van der Waals surface area (Å²) in [7, 11) is 1.44. The van der Waals surface area contributed by atoms with Crippen molar-refractivity contribution in [3.63, 3.8) is 0 Å². The highest BCUT2D eigenvalue weighted by atomic mass is 16.5. The molecule has 2 saturated carbocycles. The molecular formula is C8H13NO2. The van der Waals surface area contributed by atoms with Gasteiger partial charge in [0.2, 0.25) is 0 Å². The zero-order chi connectivity index (χ0) is 8.06. The summed E-state index contributed by atoms with van der Waals surface area (Å²) in [6, 6.07) is 0.0555. The second-order valence-electron chi connectivity index (χ2n) is 3.62. The van der Waals surface area contributed by atoms with Crippen LogP contribution in [0.2, 0.25) is 0 Å². The van der Waals surface area contributed by atoms with Crippen molar-refractivity contribution in [1.82, 2.24) is 0 Å². The van der Waals surface area contributed by atoms with Gasteiger partial charge in [0.15, 0.2) is 0 Å². The summed E-state index contributed by atoms with van der Waals surface area (Å²) >= 11 is 0. The van der Waals surface area contributed by atoms with E-state index in [0.717, 1.165) is 19.3 Å². The molecule has 3 heteroatoms. The van der Waals surface area contributed by atoms with Gasteiger partial charge in [-0.15, -0.1) is 0 Å². The average molecular weight is 155 g/mol. The molecule has 3 nitrogen and oxygen atoms in total. The lowest BCUT2D eigenvalue weighted by molar-refractivity contribution is -0.147. The van der Waals surface area contributed by atoms with Crippen LogP contribution in [-0.2, 0) is 9.53 Å². The maximum absolute atomic E-state index is 11.3. The van der Waals surface area contributed by atoms with Crippen LogP contribution in [0.5, 0.6) is 0 Å². The minimum Gasteiger partial charge on any atom is -0.469 e. The highest BCUT2D eigenvalue weighted by Crippen LogP contribution is 2.63. The van der Waals surface area contributed by atoms with E-state index in [1.54, 1.807) is 0 Å². The fourth-order valence-corrected chi connectivity index (χ4v) is 2.39. The van der Waals surface area contributed by atoms with Crippen LogP contribution in [0.4, 0.5) is 0 Å². The van der Waals surface area contributed by atoms with Gasteiger partial charge in [-0.25, -0.2) is 0 Å². The van der Waals surface area contributed by atoms with Gasteiger partial charge >= 0.3 is 5.97 Å². The zero-order valence-electron chi connectivity index (χ0n) is 6.67. The Hall–Kier alpha value is -0.570. The van der Waals surface area contributed by atoms with E-state index in [1.165, 1.54) is 7.11 Å². The SMILES string of the molecule is COC(=O)C12CC1CCC2N. The van der Waals surface area contributed by atoms with E-state index in [4.69, 9.17) is 10.5 Å². The molecule has 3 unspecified atom stereocenters. The molecule has 0 amide bonds. The van der Waals surface area contributed by atoms with Crippen LogP contribution in [0.3, 0.4) is 0 Å². The molecule has 62 valence electrons. The second kappa shape index (κ2) is 1.97. The number of ether oxygens (including phenoxy) is 1. The van der Waals surface area contributed by atoms with Crippen LogP contribution in [0.1, 0.15) is 19.3 Å². The lowest BCUT2D eigenvalue weighted by atomic mass is 9.99. The Morgan fingerprint density at radius 3 is 2.73 bits per heavy atom. The summed E-state index contributed by atoms with van der Waals surface area (Å²) in [5, 5.41) is 0. The smallest absolute Gasteiger partial charge is 0.313 e. The molecule has 0 aliphatic heterocycles. The lowest BCUT2D eigenvalue weighted by Crippen LogP contribution is -2.35. The van der Waals surface area contributed by atoms with Gasteiger partial charge in [0.1, 0.15) is 0 Å². The van der Waals surface area contributed by atoms with E-state index in [1.807, 2.05) is 0 Å². The quantitative estimate of drug-likeness (QED) is 0.553. The van der Waals surface area contributed by atoms with E-state index < -0.39 is 0 Å². The summed E-state index contributed by atoms with van der Waals surface area (Å²) in [4.78, 5) is 11.3. The van der Waals surface area contributed by atoms with Crippen molar-refractivity contribution in [2.75, 3.05) is 7.11 Å². The summed E-state index contributed by atoms with van der Waals surface area (Å²) in [5.74, 6) is 0.442. The minimum atomic E-state index is -0.255. The first-order chi connectivity index (χ1) is 5.21. The van der Waals surface area contributed by atoms with E-state index in [2.05, 4.69) is 0 Å². The van der Waals surface area contributed by atoms with Crippen molar-refractivity contribution in [2.45, 2.75) is 25.3 Å². The number of methoxy groups -OCH3 is 1. The molecule has 0 saturated heterocycles. The summed E-state index contributed by atoms with van der Waals surface area (Å²) in [6.45, 7) is 0. The van der Waals surface area contributed by atoms with Crippen LogP contribution in [0.15, 0.2) is 0 Å². The van der Waals surface area contributed by atoms with Crippen molar-refractivity contribution in [3.05, 3.63) is 0 Å². The normalized spacial score (nSPS) is 46.7. The molecule has 2 N–H and O–H groups in total. The van der Waals surface area contributed by atoms with Gasteiger partial charge in [-0.05, 0) is 25.2 Å². The first kappa shape index (κ1) is 7.10. The molecule has 2 rings (SSSR count). The standard InChI is InChI=1S/C8H13NO2/c1-11-7(10)8-4-5(8)2-3-6(8)9/h5-6H,2-4,9H2,1H3. The Balaban J connectivity index is 2.18. The molecule has 2 aliphatic rings. The Morgan fingerprint density at radius 1 is 1.64 bits per heavy atom. The van der Waals surface area contributed by atoms with E-state index in [-0.39, 0.29) is 17.4 Å². The fourth-order valence-electron chi connectivity index (χ4n) is 2.39. The first-order valence-electron chi connectivity index (χ1n) is 4.06. The summed E-state index contributed by atoms with van der Waals surface area (Å²) in [6.07, 6.45) is 3.05. The fraction of sp³-hybridized carbons (Fsp3) is 0.875. The van der Waals surface area contributed by atoms with Gasteiger partial charge in [-0.3, -0.25) is 4.79 Å². The van der Waals surface area contributed by atoms with Gasteiger partial charge in [0.25, 0.3) is 0 Å². The number of nitrogens with two attached hydrogens (primary N) is 1. The van der Waals surface area contributed by atoms with Crippen LogP contribution >= 0.6 is 0 Å². The molecule has 0 heterocycles. The second-order valence-corrected chi connectivity index (χ2v) is 3.62. The van der Waals surface area contributed by atoms with Crippen molar-refractivity contribution >= 4 is 5.97 Å². The molecule has 0 bridgehead atoms. The number of carbonyl (C=O) groups excluding carboxylic acids is 1. The van der Waals surface area contributed by atoms with E-state index in [0.29, 0.717) is 5.92 Å². The third-order valence-electron chi connectivity index (χ3n) is 3.21. The number of hydrogen-bond donors (Lipinski definition) is 1. The van der Waals surface area contributed by atoms with Gasteiger partial charge in [0, 0.05) is 6.04 Å². The molecule has 3 atom stereocenters. The van der Waals surface area contributed by atoms with Crippen molar-refractivity contribution in [1.29, 1.82) is 0 Å². The first-order valence-corrected chi connectivity index (χ1v) is 4.06. The third kappa shape index (κ3) is 0.692. The summed E-state index contributed by atoms with van der Waals surface area (Å²) in [5.41, 5.74) is 5.58. The molecule has 2 fully saturated rings. The Morgan fingerprint density at radius 2 is 2.36 bits per heavy atom. The summed E-state index contributed by atoms with van der Waals surface area (Å²) < 4.78 is 4.73. The minimum absolute atomic E-state index is 0.0555. The maximum atomic E-state index is 11.3. The average Bonchev–Trinajstić information content (AvgIpc) is 2.68. The van der Waals surface area contributed by atoms with Crippen LogP contribution in [0.25, 0.3) is 0 Å². The van der Waals surface area contributed by atoms with Gasteiger partial charge in [0.05, 0.1) is 12.5 Å². The van der Waals surface area contributed by atoms with Gasteiger partial charge in [-0.2, -0.15) is 0 Å². The number of carbonyl (C=O) groups is 1. The molecule has 0 aromatic carbocycles. The predicted octanol–water partition coefficient (Wildman–Crippen LogP) is 0.287. The van der Waals surface area contributed by atoms with Crippen molar-refractivity contribution in [2.24, 2.45) is 17.1 Å². The Labute approximate surface area is 65.9 Å². The van der Waals surface area contributed by atoms with E-state index >= 15 is 0 Å². The van der Waals surface area contributed by atoms with Crippen LogP contribution in [0, 0.1) is 11.3 Å². The monoisotopic (exact) mass is 155 g/mol. The molecule has 0 radical (unpaired) electrons. The maximum Gasteiger partial charge on any atom is 0.313 e. The number of fused-ring (bicyclic) bond motifs is 1. The zero-order valence-corrected chi connectivity index (χ0v) is 6.67. The highest BCUT2D eigenvalue weighted by Gasteiger charge is 2.67. The van der Waals surface area contributed by atoms with Crippen LogP contribution in [-0.4, -0.2) is 19.1 Å². The topological polar surface area (TPSA) is 52.3 Å². The number of hydrogen-bond acceptors (Lipinski definition) is 3. The largest absolute Gasteiger partial charge is 0.469 e. The van der Waals surface area contributed by atoms with E-state index in [9.17, 15) is 4.79 Å². The highest BCUT2D eigenvalue weighted by molar-refractivity contribution is 5.82. The Kier molecular flexibility index (Phi) is 1.27. The predicted molar refractivity (Wildman–Crippen MR) is 39.8 cm³/mol. The third-order valence-corrected chi connectivity index (χ3v) is 3.21. The lowest BCUT2D eigenvalue weighted by Gasteiger charge is -2.15. The Bertz CT molecular complexity index is 204. The molecule has 2 aliphatic carbocycles. The van der Waals surface area contributed by atoms with Crippen molar-refractivity contribution in [3.8, 4) is 0 Å². The molecule has 0 spiro atoms. The van der Waals surface area contributed by atoms with Gasteiger partial charge in [-0.1, -0.05) is 0 Å². The van der Waals surface area contributed by atoms with Crippen LogP contribution < -0.4 is 5.73 Å². The molecule has 0 aromatic heterocycles. The van der Waals surface area contributed by atoms with Crippen molar-refractivity contribution < 1.29 is 9.53 Å². The molecular weight excluding hydrogens is 142 g/mol. The molecule has 0 aromatic rings. The molecule has 11 heavy (non-hydrogen) atoms. The number of rotatable bonds is 1. The number of esters is 1. The van der Waals surface area contributed by atoms with Gasteiger partial charge < -0.3 is 10.5 Å².